The molecule has 4 rings (SSSR count). The van der Waals surface area contributed by atoms with Crippen molar-refractivity contribution in [3.63, 3.8) is 0 Å². The van der Waals surface area contributed by atoms with Crippen molar-refractivity contribution in [1.29, 1.82) is 0 Å². The Kier molecular flexibility index (Phi) is 4.26. The van der Waals surface area contributed by atoms with E-state index in [0.717, 1.165) is 28.2 Å². The summed E-state index contributed by atoms with van der Waals surface area (Å²) in [7, 11) is 0. The highest BCUT2D eigenvalue weighted by Gasteiger charge is 2.23. The summed E-state index contributed by atoms with van der Waals surface area (Å²) in [5.74, 6) is 1.57. The van der Waals surface area contributed by atoms with Crippen LogP contribution in [0.1, 0.15) is 38.7 Å². The van der Waals surface area contributed by atoms with Crippen LogP contribution in [0.5, 0.6) is 5.75 Å². The highest BCUT2D eigenvalue weighted by molar-refractivity contribution is 6.05. The number of benzene rings is 1. The number of rotatable bonds is 3. The van der Waals surface area contributed by atoms with E-state index >= 15 is 0 Å². The van der Waals surface area contributed by atoms with E-state index in [0.29, 0.717) is 33.8 Å². The van der Waals surface area contributed by atoms with Crippen molar-refractivity contribution in [2.75, 3.05) is 0 Å². The first-order chi connectivity index (χ1) is 13.3. The highest BCUT2D eigenvalue weighted by Crippen LogP contribution is 2.32. The topological polar surface area (TPSA) is 78.4 Å². The Morgan fingerprint density at radius 2 is 1.75 bits per heavy atom. The van der Waals surface area contributed by atoms with Crippen LogP contribution in [0.2, 0.25) is 0 Å². The number of ether oxygens (including phenoxy) is 1. The van der Waals surface area contributed by atoms with E-state index in [9.17, 15) is 4.79 Å². The number of aromatic nitrogens is 2. The van der Waals surface area contributed by atoms with Crippen molar-refractivity contribution in [2.24, 2.45) is 0 Å². The second-order valence-electron chi connectivity index (χ2n) is 6.94. The fraction of sp³-hybridized carbons (Fsp3) is 0.227. The lowest BCUT2D eigenvalue weighted by Gasteiger charge is -2.11. The number of hydrogen-bond acceptors (Lipinski definition) is 6. The molecule has 0 radical (unpaired) electrons. The molecule has 0 fully saturated rings. The molecule has 0 saturated carbocycles. The maximum atomic E-state index is 13.1. The van der Waals surface area contributed by atoms with Gasteiger partial charge < -0.3 is 13.7 Å². The zero-order valence-electron chi connectivity index (χ0n) is 16.4. The van der Waals surface area contributed by atoms with Crippen LogP contribution >= 0.6 is 0 Å². The number of para-hydroxylation sites is 1. The minimum absolute atomic E-state index is 0.293. The molecule has 0 aliphatic carbocycles. The Hall–Kier alpha value is -3.41. The number of aryl methyl sites for hydroxylation is 5. The molecule has 3 heterocycles. The van der Waals surface area contributed by atoms with Crippen molar-refractivity contribution in [3.05, 3.63) is 64.2 Å². The maximum absolute atomic E-state index is 13.1. The lowest BCUT2D eigenvalue weighted by molar-refractivity contribution is 0.0734. The first-order valence-electron chi connectivity index (χ1n) is 8.98. The van der Waals surface area contributed by atoms with Crippen molar-refractivity contribution >= 4 is 17.1 Å². The van der Waals surface area contributed by atoms with Crippen LogP contribution in [0.25, 0.3) is 22.4 Å². The standard InChI is InChI=1S/C22H20N2O4/c1-11-7-6-8-12(2)20(11)27-22(25)17-10-18(16-9-13(3)26-15(16)5)23-21-19(17)14(4)24-28-21/h6-10H,1-5H3. The zero-order chi connectivity index (χ0) is 20.0. The van der Waals surface area contributed by atoms with Crippen LogP contribution in [-0.2, 0) is 0 Å². The summed E-state index contributed by atoms with van der Waals surface area (Å²) in [5.41, 5.74) is 4.40. The van der Waals surface area contributed by atoms with Gasteiger partial charge in [0.2, 0.25) is 0 Å². The van der Waals surface area contributed by atoms with Gasteiger partial charge in [-0.1, -0.05) is 23.4 Å². The van der Waals surface area contributed by atoms with Gasteiger partial charge in [0.25, 0.3) is 5.71 Å². The Morgan fingerprint density at radius 3 is 2.39 bits per heavy atom. The molecule has 6 heteroatoms. The molecule has 0 amide bonds. The van der Waals surface area contributed by atoms with Gasteiger partial charge in [0.15, 0.2) is 0 Å². The van der Waals surface area contributed by atoms with Crippen molar-refractivity contribution in [2.45, 2.75) is 34.6 Å². The predicted octanol–water partition coefficient (Wildman–Crippen LogP) is 5.24. The van der Waals surface area contributed by atoms with E-state index in [-0.39, 0.29) is 0 Å². The lowest BCUT2D eigenvalue weighted by atomic mass is 10.1. The molecule has 28 heavy (non-hydrogen) atoms. The minimum Gasteiger partial charge on any atom is -0.466 e. The average Bonchev–Trinajstić information content (AvgIpc) is 3.19. The summed E-state index contributed by atoms with van der Waals surface area (Å²) in [6.07, 6.45) is 0. The van der Waals surface area contributed by atoms with E-state index in [1.54, 1.807) is 13.0 Å². The molecule has 3 aromatic heterocycles. The smallest absolute Gasteiger partial charge is 0.344 e. The number of esters is 1. The van der Waals surface area contributed by atoms with Crippen molar-refractivity contribution in [3.8, 4) is 17.0 Å². The molecule has 6 nitrogen and oxygen atoms in total. The minimum atomic E-state index is -0.477. The second kappa shape index (κ2) is 6.64. The van der Waals surface area contributed by atoms with E-state index in [1.165, 1.54) is 0 Å². The molecule has 0 saturated heterocycles. The van der Waals surface area contributed by atoms with Crippen molar-refractivity contribution in [1.82, 2.24) is 10.1 Å². The molecular formula is C22H20N2O4. The molecular weight excluding hydrogens is 356 g/mol. The van der Waals surface area contributed by atoms with Gasteiger partial charge in [-0.2, -0.15) is 0 Å². The number of furan rings is 1. The molecule has 0 N–H and O–H groups in total. The van der Waals surface area contributed by atoms with Crippen LogP contribution in [-0.4, -0.2) is 16.1 Å². The van der Waals surface area contributed by atoms with E-state index < -0.39 is 5.97 Å². The normalized spacial score (nSPS) is 11.2. The van der Waals surface area contributed by atoms with Gasteiger partial charge in [-0.15, -0.1) is 0 Å². The van der Waals surface area contributed by atoms with Crippen molar-refractivity contribution < 1.29 is 18.5 Å². The van der Waals surface area contributed by atoms with Gasteiger partial charge in [-0.25, -0.2) is 9.78 Å². The Labute approximate surface area is 162 Å². The number of hydrogen-bond donors (Lipinski definition) is 0. The number of nitrogens with zero attached hydrogens (tertiary/aromatic N) is 2. The third kappa shape index (κ3) is 2.97. The van der Waals surface area contributed by atoms with Gasteiger partial charge in [0, 0.05) is 5.56 Å². The quantitative estimate of drug-likeness (QED) is 0.359. The average molecular weight is 376 g/mol. The van der Waals surface area contributed by atoms with E-state index in [1.807, 2.05) is 52.0 Å². The summed E-state index contributed by atoms with van der Waals surface area (Å²) in [6, 6.07) is 9.34. The first kappa shape index (κ1) is 18.0. The molecule has 0 aliphatic rings. The van der Waals surface area contributed by atoms with Crippen LogP contribution in [0.4, 0.5) is 0 Å². The van der Waals surface area contributed by atoms with Crippen LogP contribution < -0.4 is 4.74 Å². The third-order valence-electron chi connectivity index (χ3n) is 4.76. The number of pyridine rings is 1. The van der Waals surface area contributed by atoms with Crippen LogP contribution in [0, 0.1) is 34.6 Å². The van der Waals surface area contributed by atoms with Crippen LogP contribution in [0.3, 0.4) is 0 Å². The summed E-state index contributed by atoms with van der Waals surface area (Å²) < 4.78 is 16.7. The number of fused-ring (bicyclic) bond motifs is 1. The molecule has 0 atom stereocenters. The van der Waals surface area contributed by atoms with E-state index in [2.05, 4.69) is 10.1 Å². The summed E-state index contributed by atoms with van der Waals surface area (Å²) in [5, 5.41) is 4.53. The fourth-order valence-corrected chi connectivity index (χ4v) is 3.39. The Balaban J connectivity index is 1.86. The maximum Gasteiger partial charge on any atom is 0.344 e. The number of carbonyl (C=O) groups excluding carboxylic acids is 1. The van der Waals surface area contributed by atoms with Gasteiger partial charge >= 0.3 is 5.97 Å². The molecule has 0 bridgehead atoms. The summed E-state index contributed by atoms with van der Waals surface area (Å²) in [6.45, 7) is 9.31. The largest absolute Gasteiger partial charge is 0.466 e. The summed E-state index contributed by atoms with van der Waals surface area (Å²) in [4.78, 5) is 17.6. The molecule has 1 aromatic carbocycles. The molecule has 4 aromatic rings. The number of carbonyl (C=O) groups is 1. The SMILES string of the molecule is Cc1cc(-c2cc(C(=O)Oc3c(C)cccc3C)c3c(C)noc3n2)c(C)o1. The third-order valence-corrected chi connectivity index (χ3v) is 4.76. The zero-order valence-corrected chi connectivity index (χ0v) is 16.4. The van der Waals surface area contributed by atoms with Gasteiger partial charge in [0.1, 0.15) is 17.3 Å². The highest BCUT2D eigenvalue weighted by atomic mass is 16.5. The monoisotopic (exact) mass is 376 g/mol. The second-order valence-corrected chi connectivity index (χ2v) is 6.94. The molecule has 0 spiro atoms. The lowest BCUT2D eigenvalue weighted by Crippen LogP contribution is -2.11. The van der Waals surface area contributed by atoms with E-state index in [4.69, 9.17) is 13.7 Å². The molecule has 0 unspecified atom stereocenters. The Morgan fingerprint density at radius 1 is 1.04 bits per heavy atom. The van der Waals surface area contributed by atoms with Crippen LogP contribution in [0.15, 0.2) is 39.3 Å². The Bertz CT molecular complexity index is 1200. The van der Waals surface area contributed by atoms with Gasteiger partial charge in [-0.3, -0.25) is 0 Å². The van der Waals surface area contributed by atoms with Gasteiger partial charge in [-0.05, 0) is 57.9 Å². The fourth-order valence-electron chi connectivity index (χ4n) is 3.39. The predicted molar refractivity (Wildman–Crippen MR) is 105 cm³/mol. The first-order valence-corrected chi connectivity index (χ1v) is 8.98. The molecule has 142 valence electrons. The van der Waals surface area contributed by atoms with Gasteiger partial charge in [0.05, 0.1) is 22.3 Å². The molecule has 0 aliphatic heterocycles. The summed E-state index contributed by atoms with van der Waals surface area (Å²) >= 11 is 0.